The monoisotopic (exact) mass is 210 g/mol. The first-order chi connectivity index (χ1) is 7.07. The smallest absolute Gasteiger partial charge is 0.137 e. The molecule has 0 saturated heterocycles. The number of aromatic nitrogens is 1. The second-order valence-corrected chi connectivity index (χ2v) is 4.26. The molecule has 0 bridgehead atoms. The van der Waals surface area contributed by atoms with Gasteiger partial charge in [0.1, 0.15) is 11.6 Å². The number of hydrogen-bond donors (Lipinski definition) is 2. The maximum Gasteiger partial charge on any atom is 0.137 e. The van der Waals surface area contributed by atoms with Crippen LogP contribution in [0.15, 0.2) is 18.3 Å². The summed E-state index contributed by atoms with van der Waals surface area (Å²) in [6.07, 6.45) is 1.66. The molecule has 84 valence electrons. The standard InChI is InChI=1S/C11H18N2O2/c1-11(2,8-14)7-13-10-5-4-9(15-3)6-12-10/h4-6,14H,7-8H2,1-3H3,(H,12,13). The molecule has 0 unspecified atom stereocenters. The van der Waals surface area contributed by atoms with E-state index < -0.39 is 0 Å². The van der Waals surface area contributed by atoms with Crippen molar-refractivity contribution >= 4 is 5.82 Å². The fourth-order valence-corrected chi connectivity index (χ4v) is 0.991. The molecule has 4 heteroatoms. The van der Waals surface area contributed by atoms with Gasteiger partial charge in [-0.1, -0.05) is 13.8 Å². The van der Waals surface area contributed by atoms with Gasteiger partial charge in [-0.3, -0.25) is 0 Å². The van der Waals surface area contributed by atoms with E-state index in [1.54, 1.807) is 13.3 Å². The summed E-state index contributed by atoms with van der Waals surface area (Å²) in [5.41, 5.74) is -0.137. The first-order valence-electron chi connectivity index (χ1n) is 4.92. The number of aliphatic hydroxyl groups is 1. The molecule has 0 aromatic carbocycles. The summed E-state index contributed by atoms with van der Waals surface area (Å²) in [6.45, 7) is 4.81. The van der Waals surface area contributed by atoms with Gasteiger partial charge in [-0.2, -0.15) is 0 Å². The van der Waals surface area contributed by atoms with Gasteiger partial charge in [0.25, 0.3) is 0 Å². The third-order valence-electron chi connectivity index (χ3n) is 2.15. The number of nitrogens with one attached hydrogen (secondary N) is 1. The second kappa shape index (κ2) is 4.98. The zero-order chi connectivity index (χ0) is 11.3. The maximum absolute atomic E-state index is 9.07. The Labute approximate surface area is 90.3 Å². The van der Waals surface area contributed by atoms with Crippen molar-refractivity contribution in [1.29, 1.82) is 0 Å². The highest BCUT2D eigenvalue weighted by Crippen LogP contribution is 2.16. The van der Waals surface area contributed by atoms with Crippen molar-refractivity contribution in [1.82, 2.24) is 4.98 Å². The van der Waals surface area contributed by atoms with Crippen LogP contribution >= 0.6 is 0 Å². The van der Waals surface area contributed by atoms with E-state index in [1.165, 1.54) is 0 Å². The first kappa shape index (κ1) is 11.8. The summed E-state index contributed by atoms with van der Waals surface area (Å²) in [6, 6.07) is 3.70. The van der Waals surface area contributed by atoms with Crippen LogP contribution in [0.2, 0.25) is 0 Å². The Balaban J connectivity index is 2.51. The van der Waals surface area contributed by atoms with Gasteiger partial charge < -0.3 is 15.2 Å². The maximum atomic E-state index is 9.07. The average Bonchev–Trinajstić information content (AvgIpc) is 2.27. The Hall–Kier alpha value is -1.29. The summed E-state index contributed by atoms with van der Waals surface area (Å²) in [4.78, 5) is 4.17. The molecule has 0 amide bonds. The van der Waals surface area contributed by atoms with Crippen molar-refractivity contribution in [3.8, 4) is 5.75 Å². The summed E-state index contributed by atoms with van der Waals surface area (Å²) in [5.74, 6) is 1.53. The molecule has 15 heavy (non-hydrogen) atoms. The van der Waals surface area contributed by atoms with Gasteiger partial charge >= 0.3 is 0 Å². The second-order valence-electron chi connectivity index (χ2n) is 4.26. The number of nitrogens with zero attached hydrogens (tertiary/aromatic N) is 1. The average molecular weight is 210 g/mol. The van der Waals surface area contributed by atoms with Crippen molar-refractivity contribution in [2.75, 3.05) is 25.6 Å². The molecule has 1 heterocycles. The van der Waals surface area contributed by atoms with Gasteiger partial charge in [0, 0.05) is 18.6 Å². The minimum atomic E-state index is -0.137. The molecule has 1 rings (SSSR count). The molecule has 0 aliphatic carbocycles. The van der Waals surface area contributed by atoms with Crippen LogP contribution in [0.5, 0.6) is 5.75 Å². The normalized spacial score (nSPS) is 11.2. The lowest BCUT2D eigenvalue weighted by Crippen LogP contribution is -2.27. The molecule has 1 aromatic heterocycles. The van der Waals surface area contributed by atoms with Gasteiger partial charge in [0.2, 0.25) is 0 Å². The van der Waals surface area contributed by atoms with Crippen molar-refractivity contribution in [3.63, 3.8) is 0 Å². The lowest BCUT2D eigenvalue weighted by Gasteiger charge is -2.22. The number of methoxy groups -OCH3 is 1. The third-order valence-corrected chi connectivity index (χ3v) is 2.15. The van der Waals surface area contributed by atoms with Crippen LogP contribution in [0.3, 0.4) is 0 Å². The van der Waals surface area contributed by atoms with Crippen LogP contribution < -0.4 is 10.1 Å². The van der Waals surface area contributed by atoms with Crippen LogP contribution in [-0.2, 0) is 0 Å². The molecule has 0 saturated carbocycles. The van der Waals surface area contributed by atoms with Crippen molar-refractivity contribution in [2.45, 2.75) is 13.8 Å². The zero-order valence-electron chi connectivity index (χ0n) is 9.45. The lowest BCUT2D eigenvalue weighted by atomic mass is 9.95. The highest BCUT2D eigenvalue weighted by Gasteiger charge is 2.15. The van der Waals surface area contributed by atoms with E-state index in [0.717, 1.165) is 11.6 Å². The fourth-order valence-electron chi connectivity index (χ4n) is 0.991. The Morgan fingerprint density at radius 2 is 2.20 bits per heavy atom. The zero-order valence-corrected chi connectivity index (χ0v) is 9.45. The Morgan fingerprint density at radius 1 is 1.47 bits per heavy atom. The summed E-state index contributed by atoms with van der Waals surface area (Å²) in [7, 11) is 1.61. The summed E-state index contributed by atoms with van der Waals surface area (Å²) in [5, 5.41) is 12.2. The SMILES string of the molecule is COc1ccc(NCC(C)(C)CO)nc1. The first-order valence-corrected chi connectivity index (χ1v) is 4.92. The van der Waals surface area contributed by atoms with E-state index in [-0.39, 0.29) is 12.0 Å². The summed E-state index contributed by atoms with van der Waals surface area (Å²) >= 11 is 0. The van der Waals surface area contributed by atoms with Crippen LogP contribution in [0.4, 0.5) is 5.82 Å². The van der Waals surface area contributed by atoms with Crippen LogP contribution in [0.25, 0.3) is 0 Å². The highest BCUT2D eigenvalue weighted by atomic mass is 16.5. The number of ether oxygens (including phenoxy) is 1. The molecular formula is C11H18N2O2. The number of aliphatic hydroxyl groups excluding tert-OH is 1. The molecule has 0 spiro atoms. The Kier molecular flexibility index (Phi) is 3.91. The van der Waals surface area contributed by atoms with Crippen LogP contribution in [0.1, 0.15) is 13.8 Å². The van der Waals surface area contributed by atoms with Gasteiger partial charge in [-0.25, -0.2) is 4.98 Å². The van der Waals surface area contributed by atoms with Gasteiger partial charge in [0.15, 0.2) is 0 Å². The molecular weight excluding hydrogens is 192 g/mol. The van der Waals surface area contributed by atoms with E-state index in [1.807, 2.05) is 26.0 Å². The predicted octanol–water partition coefficient (Wildman–Crippen LogP) is 1.52. The minimum Gasteiger partial charge on any atom is -0.495 e. The quantitative estimate of drug-likeness (QED) is 0.773. The van der Waals surface area contributed by atoms with E-state index in [4.69, 9.17) is 9.84 Å². The molecule has 0 aliphatic heterocycles. The molecule has 0 aliphatic rings. The van der Waals surface area contributed by atoms with E-state index in [9.17, 15) is 0 Å². The van der Waals surface area contributed by atoms with Gasteiger partial charge in [-0.05, 0) is 12.1 Å². The molecule has 4 nitrogen and oxygen atoms in total. The van der Waals surface area contributed by atoms with Crippen molar-refractivity contribution in [2.24, 2.45) is 5.41 Å². The Bertz CT molecular complexity index is 296. The van der Waals surface area contributed by atoms with E-state index in [2.05, 4.69) is 10.3 Å². The number of hydrogen-bond acceptors (Lipinski definition) is 4. The molecule has 0 radical (unpaired) electrons. The molecule has 0 atom stereocenters. The minimum absolute atomic E-state index is 0.137. The Morgan fingerprint density at radius 3 is 2.67 bits per heavy atom. The van der Waals surface area contributed by atoms with E-state index in [0.29, 0.717) is 6.54 Å². The highest BCUT2D eigenvalue weighted by molar-refractivity contribution is 5.37. The largest absolute Gasteiger partial charge is 0.495 e. The van der Waals surface area contributed by atoms with Gasteiger partial charge in [-0.15, -0.1) is 0 Å². The van der Waals surface area contributed by atoms with Gasteiger partial charge in [0.05, 0.1) is 13.3 Å². The van der Waals surface area contributed by atoms with Crippen LogP contribution in [-0.4, -0.2) is 30.4 Å². The number of rotatable bonds is 5. The number of anilines is 1. The topological polar surface area (TPSA) is 54.4 Å². The van der Waals surface area contributed by atoms with Crippen molar-refractivity contribution in [3.05, 3.63) is 18.3 Å². The predicted molar refractivity (Wildman–Crippen MR) is 60.1 cm³/mol. The summed E-state index contributed by atoms with van der Waals surface area (Å²) < 4.78 is 5.01. The molecule has 0 fully saturated rings. The van der Waals surface area contributed by atoms with Crippen LogP contribution in [0, 0.1) is 5.41 Å². The molecule has 2 N–H and O–H groups in total. The van der Waals surface area contributed by atoms with Crippen molar-refractivity contribution < 1.29 is 9.84 Å². The number of pyridine rings is 1. The van der Waals surface area contributed by atoms with E-state index >= 15 is 0 Å². The fraction of sp³-hybridized carbons (Fsp3) is 0.545. The third kappa shape index (κ3) is 3.75. The lowest BCUT2D eigenvalue weighted by molar-refractivity contribution is 0.170. The molecule has 1 aromatic rings.